The van der Waals surface area contributed by atoms with Crippen LogP contribution in [0.2, 0.25) is 0 Å². The summed E-state index contributed by atoms with van der Waals surface area (Å²) >= 11 is 0. The normalized spacial score (nSPS) is 20.4. The van der Waals surface area contributed by atoms with E-state index >= 15 is 0 Å². The zero-order valence-corrected chi connectivity index (χ0v) is 11.3. The van der Waals surface area contributed by atoms with Crippen LogP contribution in [0.1, 0.15) is 25.6 Å². The monoisotopic (exact) mass is 273 g/mol. The maximum Gasteiger partial charge on any atom is 0.257 e. The largest absolute Gasteiger partial charge is 0.381 e. The Balaban J connectivity index is 1.86. The van der Waals surface area contributed by atoms with Crippen LogP contribution in [-0.2, 0) is 21.2 Å². The number of aromatic amines is 1. The lowest BCUT2D eigenvalue weighted by Gasteiger charge is -2.08. The lowest BCUT2D eigenvalue weighted by atomic mass is 10.1. The van der Waals surface area contributed by atoms with Crippen molar-refractivity contribution in [1.29, 1.82) is 0 Å². The first-order valence-corrected chi connectivity index (χ1v) is 7.71. The van der Waals surface area contributed by atoms with Crippen LogP contribution >= 0.6 is 0 Å². The highest BCUT2D eigenvalue weighted by molar-refractivity contribution is 7.89. The highest BCUT2D eigenvalue weighted by Crippen LogP contribution is 2.15. The number of nitrogens with zero attached hydrogens (tertiary/aromatic N) is 1. The van der Waals surface area contributed by atoms with Crippen LogP contribution in [0.15, 0.2) is 11.2 Å². The van der Waals surface area contributed by atoms with Gasteiger partial charge in [-0.15, -0.1) is 0 Å². The van der Waals surface area contributed by atoms with Crippen LogP contribution in [0.4, 0.5) is 0 Å². The Morgan fingerprint density at radius 1 is 1.61 bits per heavy atom. The third-order valence-electron chi connectivity index (χ3n) is 3.10. The van der Waals surface area contributed by atoms with E-state index < -0.39 is 10.0 Å². The second kappa shape index (κ2) is 5.81. The van der Waals surface area contributed by atoms with Gasteiger partial charge in [-0.3, -0.25) is 0 Å². The van der Waals surface area contributed by atoms with Gasteiger partial charge in [-0.05, 0) is 18.8 Å². The molecule has 2 heterocycles. The zero-order chi connectivity index (χ0) is 13.0. The fourth-order valence-electron chi connectivity index (χ4n) is 1.95. The summed E-state index contributed by atoms with van der Waals surface area (Å²) < 4.78 is 31.7. The minimum atomic E-state index is -3.45. The first-order chi connectivity index (χ1) is 8.62. The molecule has 0 aliphatic carbocycles. The summed E-state index contributed by atoms with van der Waals surface area (Å²) in [5.41, 5.74) is 0. The lowest BCUT2D eigenvalue weighted by molar-refractivity contribution is 0.184. The Hall–Kier alpha value is -0.920. The summed E-state index contributed by atoms with van der Waals surface area (Å²) in [6.07, 6.45) is 3.88. The highest BCUT2D eigenvalue weighted by Gasteiger charge is 2.19. The van der Waals surface area contributed by atoms with Gasteiger partial charge in [0, 0.05) is 26.2 Å². The van der Waals surface area contributed by atoms with Crippen LogP contribution in [0.25, 0.3) is 0 Å². The third-order valence-corrected chi connectivity index (χ3v) is 4.47. The lowest BCUT2D eigenvalue weighted by Crippen LogP contribution is -2.26. The van der Waals surface area contributed by atoms with E-state index in [9.17, 15) is 8.42 Å². The number of ether oxygens (including phenoxy) is 1. The molecule has 1 fully saturated rings. The number of aromatic nitrogens is 2. The Morgan fingerprint density at radius 2 is 2.44 bits per heavy atom. The molecule has 0 spiro atoms. The summed E-state index contributed by atoms with van der Waals surface area (Å²) in [5.74, 6) is 1.15. The third kappa shape index (κ3) is 3.30. The van der Waals surface area contributed by atoms with E-state index in [1.165, 1.54) is 6.20 Å². The topological polar surface area (TPSA) is 84.1 Å². The SMILES string of the molecule is CCc1ncc(S(=O)(=O)NCCC2CCOC2)[nH]1. The number of rotatable bonds is 6. The molecule has 0 aromatic carbocycles. The van der Waals surface area contributed by atoms with E-state index in [2.05, 4.69) is 14.7 Å². The van der Waals surface area contributed by atoms with Gasteiger partial charge in [0.2, 0.25) is 0 Å². The minimum Gasteiger partial charge on any atom is -0.381 e. The fourth-order valence-corrected chi connectivity index (χ4v) is 2.93. The number of hydrogen-bond acceptors (Lipinski definition) is 4. The van der Waals surface area contributed by atoms with Crippen LogP contribution in [0, 0.1) is 5.92 Å². The molecule has 1 aromatic heterocycles. The number of aryl methyl sites for hydroxylation is 1. The van der Waals surface area contributed by atoms with Crippen molar-refractivity contribution < 1.29 is 13.2 Å². The van der Waals surface area contributed by atoms with Gasteiger partial charge in [-0.1, -0.05) is 6.92 Å². The molecule has 1 saturated heterocycles. The van der Waals surface area contributed by atoms with Crippen LogP contribution in [-0.4, -0.2) is 38.1 Å². The molecule has 1 atom stereocenters. The molecule has 7 heteroatoms. The molecule has 1 aromatic rings. The predicted octanol–water partition coefficient (Wildman–Crippen LogP) is 0.677. The summed E-state index contributed by atoms with van der Waals surface area (Å²) in [7, 11) is -3.45. The molecule has 2 rings (SSSR count). The van der Waals surface area contributed by atoms with Gasteiger partial charge in [0.05, 0.1) is 6.20 Å². The van der Waals surface area contributed by atoms with E-state index in [-0.39, 0.29) is 5.03 Å². The van der Waals surface area contributed by atoms with Crippen molar-refractivity contribution in [3.8, 4) is 0 Å². The molecule has 0 radical (unpaired) electrons. The smallest absolute Gasteiger partial charge is 0.257 e. The summed E-state index contributed by atoms with van der Waals surface area (Å²) in [5, 5.41) is 0.141. The van der Waals surface area contributed by atoms with E-state index in [1.807, 2.05) is 6.92 Å². The molecular weight excluding hydrogens is 254 g/mol. The zero-order valence-electron chi connectivity index (χ0n) is 10.5. The van der Waals surface area contributed by atoms with E-state index in [1.54, 1.807) is 0 Å². The Labute approximate surface area is 107 Å². The first kappa shape index (κ1) is 13.5. The van der Waals surface area contributed by atoms with Crippen LogP contribution in [0.5, 0.6) is 0 Å². The number of H-pyrrole nitrogens is 1. The average molecular weight is 273 g/mol. The second-order valence-electron chi connectivity index (χ2n) is 4.46. The van der Waals surface area contributed by atoms with Crippen molar-refractivity contribution in [3.05, 3.63) is 12.0 Å². The summed E-state index contributed by atoms with van der Waals surface area (Å²) in [4.78, 5) is 6.79. The molecule has 6 nitrogen and oxygen atoms in total. The quantitative estimate of drug-likeness (QED) is 0.798. The minimum absolute atomic E-state index is 0.141. The average Bonchev–Trinajstić information content (AvgIpc) is 2.99. The molecule has 1 aliphatic rings. The van der Waals surface area contributed by atoms with Crippen molar-refractivity contribution in [2.45, 2.75) is 31.2 Å². The molecule has 18 heavy (non-hydrogen) atoms. The standard InChI is InChI=1S/C11H19N3O3S/c1-2-10-12-7-11(14-10)18(15,16)13-5-3-9-4-6-17-8-9/h7,9,13H,2-6,8H2,1H3,(H,12,14). The van der Waals surface area contributed by atoms with E-state index in [4.69, 9.17) is 4.74 Å². The van der Waals surface area contributed by atoms with Crippen molar-refractivity contribution >= 4 is 10.0 Å². The molecule has 0 bridgehead atoms. The molecule has 1 unspecified atom stereocenters. The van der Waals surface area contributed by atoms with Crippen molar-refractivity contribution in [1.82, 2.24) is 14.7 Å². The van der Waals surface area contributed by atoms with Gasteiger partial charge < -0.3 is 9.72 Å². The number of imidazole rings is 1. The molecule has 1 aliphatic heterocycles. The second-order valence-corrected chi connectivity index (χ2v) is 6.20. The molecule has 0 saturated carbocycles. The van der Waals surface area contributed by atoms with Gasteiger partial charge in [-0.2, -0.15) is 0 Å². The van der Waals surface area contributed by atoms with E-state index in [0.717, 1.165) is 26.1 Å². The molecule has 2 N–H and O–H groups in total. The highest BCUT2D eigenvalue weighted by atomic mass is 32.2. The maximum atomic E-state index is 11.9. The predicted molar refractivity (Wildman–Crippen MR) is 66.7 cm³/mol. The van der Waals surface area contributed by atoms with Gasteiger partial charge >= 0.3 is 0 Å². The van der Waals surface area contributed by atoms with Gasteiger partial charge in [0.25, 0.3) is 10.0 Å². The Kier molecular flexibility index (Phi) is 4.36. The van der Waals surface area contributed by atoms with Crippen molar-refractivity contribution in [3.63, 3.8) is 0 Å². The van der Waals surface area contributed by atoms with E-state index in [0.29, 0.717) is 24.7 Å². The maximum absolute atomic E-state index is 11.9. The Morgan fingerprint density at radius 3 is 3.06 bits per heavy atom. The molecule has 0 amide bonds. The number of sulfonamides is 1. The van der Waals surface area contributed by atoms with Crippen molar-refractivity contribution in [2.75, 3.05) is 19.8 Å². The van der Waals surface area contributed by atoms with Gasteiger partial charge in [-0.25, -0.2) is 18.1 Å². The fraction of sp³-hybridized carbons (Fsp3) is 0.727. The summed E-state index contributed by atoms with van der Waals surface area (Å²) in [6.45, 7) is 3.89. The van der Waals surface area contributed by atoms with Crippen LogP contribution in [0.3, 0.4) is 0 Å². The molecule has 102 valence electrons. The van der Waals surface area contributed by atoms with Gasteiger partial charge in [0.15, 0.2) is 5.03 Å². The number of hydrogen-bond donors (Lipinski definition) is 2. The Bertz CT molecular complexity index is 477. The van der Waals surface area contributed by atoms with Gasteiger partial charge in [0.1, 0.15) is 5.82 Å². The summed E-state index contributed by atoms with van der Waals surface area (Å²) in [6, 6.07) is 0. The first-order valence-electron chi connectivity index (χ1n) is 6.23. The molecular formula is C11H19N3O3S. The number of nitrogens with one attached hydrogen (secondary N) is 2. The van der Waals surface area contributed by atoms with Crippen molar-refractivity contribution in [2.24, 2.45) is 5.92 Å². The van der Waals surface area contributed by atoms with Crippen LogP contribution < -0.4 is 4.72 Å².